The monoisotopic (exact) mass is 261 g/mol. The minimum atomic E-state index is 0.0476. The summed E-state index contributed by atoms with van der Waals surface area (Å²) in [6.45, 7) is 0.773. The summed E-state index contributed by atoms with van der Waals surface area (Å²) in [6.07, 6.45) is 6.38. The Morgan fingerprint density at radius 2 is 2.32 bits per heavy atom. The van der Waals surface area contributed by atoms with Crippen LogP contribution < -0.4 is 5.32 Å². The van der Waals surface area contributed by atoms with Crippen molar-refractivity contribution >= 4 is 16.9 Å². The van der Waals surface area contributed by atoms with E-state index in [9.17, 15) is 4.79 Å². The number of aromatic amines is 1. The Bertz CT molecular complexity index is 536. The Morgan fingerprint density at radius 3 is 3.16 bits per heavy atom. The summed E-state index contributed by atoms with van der Waals surface area (Å²) in [7, 11) is 0. The van der Waals surface area contributed by atoms with E-state index >= 15 is 0 Å². The number of hydrogen-bond acceptors (Lipinski definition) is 3. The number of unbranched alkanes of at least 4 members (excludes halogenated alkanes) is 1. The number of hydrogen-bond donors (Lipinski definition) is 3. The maximum absolute atomic E-state index is 11.5. The number of nitrogens with zero attached hydrogens (tertiary/aromatic N) is 1. The van der Waals surface area contributed by atoms with Crippen molar-refractivity contribution in [2.24, 2.45) is 0 Å². The molecule has 0 atom stereocenters. The average Bonchev–Trinajstić information content (AvgIpc) is 2.83. The molecular weight excluding hydrogens is 242 g/mol. The van der Waals surface area contributed by atoms with Crippen LogP contribution in [-0.2, 0) is 11.2 Å². The summed E-state index contributed by atoms with van der Waals surface area (Å²) in [4.78, 5) is 18.8. The summed E-state index contributed by atoms with van der Waals surface area (Å²) < 4.78 is 0. The van der Waals surface area contributed by atoms with Crippen LogP contribution in [0.4, 0.5) is 0 Å². The first-order chi connectivity index (χ1) is 9.31. The maximum Gasteiger partial charge on any atom is 0.220 e. The molecule has 19 heavy (non-hydrogen) atoms. The van der Waals surface area contributed by atoms with E-state index in [1.54, 1.807) is 6.20 Å². The molecule has 2 aromatic rings. The number of pyridine rings is 1. The van der Waals surface area contributed by atoms with Crippen molar-refractivity contribution in [3.05, 3.63) is 30.1 Å². The fourth-order valence-electron chi connectivity index (χ4n) is 2.04. The lowest BCUT2D eigenvalue weighted by Crippen LogP contribution is -2.25. The molecular formula is C14H19N3O2. The van der Waals surface area contributed by atoms with Gasteiger partial charge in [-0.05, 0) is 37.0 Å². The number of amides is 1. The van der Waals surface area contributed by atoms with Crippen LogP contribution in [0.2, 0.25) is 0 Å². The fourth-order valence-corrected chi connectivity index (χ4v) is 2.04. The summed E-state index contributed by atoms with van der Waals surface area (Å²) in [5.74, 6) is 0.0476. The molecule has 0 bridgehead atoms. The van der Waals surface area contributed by atoms with Crippen LogP contribution in [0.1, 0.15) is 24.8 Å². The molecule has 1 amide bonds. The van der Waals surface area contributed by atoms with Crippen LogP contribution in [0.5, 0.6) is 0 Å². The molecule has 0 saturated carbocycles. The van der Waals surface area contributed by atoms with Gasteiger partial charge in [-0.15, -0.1) is 0 Å². The average molecular weight is 261 g/mol. The smallest absolute Gasteiger partial charge is 0.220 e. The Balaban J connectivity index is 1.78. The molecule has 0 aliphatic heterocycles. The van der Waals surface area contributed by atoms with E-state index in [0.717, 1.165) is 23.9 Å². The van der Waals surface area contributed by atoms with Crippen LogP contribution in [0.25, 0.3) is 11.0 Å². The molecule has 2 aromatic heterocycles. The second-order valence-electron chi connectivity index (χ2n) is 4.49. The van der Waals surface area contributed by atoms with Gasteiger partial charge in [0.25, 0.3) is 0 Å². The van der Waals surface area contributed by atoms with E-state index < -0.39 is 0 Å². The SMILES string of the molecule is O=C(CCCCO)NCCc1c[nH]c2ncccc12. The number of fused-ring (bicyclic) bond motifs is 1. The molecule has 0 spiro atoms. The number of carbonyl (C=O) groups excluding carboxylic acids is 1. The minimum absolute atomic E-state index is 0.0476. The van der Waals surface area contributed by atoms with Crippen LogP contribution in [0, 0.1) is 0 Å². The van der Waals surface area contributed by atoms with E-state index in [1.165, 1.54) is 5.56 Å². The first-order valence-electron chi connectivity index (χ1n) is 6.60. The van der Waals surface area contributed by atoms with Crippen molar-refractivity contribution in [3.8, 4) is 0 Å². The summed E-state index contributed by atoms with van der Waals surface area (Å²) in [5.41, 5.74) is 2.05. The number of rotatable bonds is 7. The van der Waals surface area contributed by atoms with Gasteiger partial charge < -0.3 is 15.4 Å². The van der Waals surface area contributed by atoms with Crippen molar-refractivity contribution in [2.75, 3.05) is 13.2 Å². The number of aliphatic hydroxyl groups is 1. The van der Waals surface area contributed by atoms with Crippen molar-refractivity contribution < 1.29 is 9.90 Å². The highest BCUT2D eigenvalue weighted by atomic mass is 16.2. The molecule has 0 aliphatic rings. The highest BCUT2D eigenvalue weighted by Gasteiger charge is 2.05. The lowest BCUT2D eigenvalue weighted by molar-refractivity contribution is -0.121. The molecule has 5 nitrogen and oxygen atoms in total. The second kappa shape index (κ2) is 6.89. The first kappa shape index (κ1) is 13.5. The van der Waals surface area contributed by atoms with Gasteiger partial charge in [0.15, 0.2) is 0 Å². The van der Waals surface area contributed by atoms with E-state index in [1.807, 2.05) is 18.3 Å². The summed E-state index contributed by atoms with van der Waals surface area (Å²) in [6, 6.07) is 3.93. The van der Waals surface area contributed by atoms with Gasteiger partial charge in [0.2, 0.25) is 5.91 Å². The van der Waals surface area contributed by atoms with E-state index in [0.29, 0.717) is 19.4 Å². The van der Waals surface area contributed by atoms with Crippen LogP contribution in [0.3, 0.4) is 0 Å². The zero-order chi connectivity index (χ0) is 13.5. The first-order valence-corrected chi connectivity index (χ1v) is 6.60. The maximum atomic E-state index is 11.5. The van der Waals surface area contributed by atoms with E-state index in [4.69, 9.17) is 5.11 Å². The number of nitrogens with one attached hydrogen (secondary N) is 2. The molecule has 3 N–H and O–H groups in total. The fraction of sp³-hybridized carbons (Fsp3) is 0.429. The standard InChI is InChI=1S/C14H19N3O2/c18-9-2-1-5-13(19)15-8-6-11-10-17-14-12(11)4-3-7-16-14/h3-4,7,10,18H,1-2,5-6,8-9H2,(H,15,19)(H,16,17). The molecule has 2 rings (SSSR count). The molecule has 0 saturated heterocycles. The highest BCUT2D eigenvalue weighted by Crippen LogP contribution is 2.15. The predicted molar refractivity (Wildman–Crippen MR) is 73.7 cm³/mol. The van der Waals surface area contributed by atoms with Gasteiger partial charge in [0.1, 0.15) is 5.65 Å². The Hall–Kier alpha value is -1.88. The second-order valence-corrected chi connectivity index (χ2v) is 4.49. The quantitative estimate of drug-likeness (QED) is 0.659. The predicted octanol–water partition coefficient (Wildman–Crippen LogP) is 1.38. The molecule has 0 unspecified atom stereocenters. The Labute approximate surface area is 112 Å². The van der Waals surface area contributed by atoms with Crippen LogP contribution in [0.15, 0.2) is 24.5 Å². The summed E-state index contributed by atoms with van der Waals surface area (Å²) >= 11 is 0. The van der Waals surface area contributed by atoms with Crippen LogP contribution in [-0.4, -0.2) is 34.1 Å². The lowest BCUT2D eigenvalue weighted by atomic mass is 10.1. The third kappa shape index (κ3) is 3.79. The van der Waals surface area contributed by atoms with Gasteiger partial charge in [-0.25, -0.2) is 4.98 Å². The Kier molecular flexibility index (Phi) is 4.92. The highest BCUT2D eigenvalue weighted by molar-refractivity contribution is 5.79. The molecule has 5 heteroatoms. The van der Waals surface area contributed by atoms with Gasteiger partial charge in [-0.3, -0.25) is 4.79 Å². The third-order valence-electron chi connectivity index (χ3n) is 3.07. The molecule has 0 aliphatic carbocycles. The van der Waals surface area contributed by atoms with Crippen molar-refractivity contribution in [1.29, 1.82) is 0 Å². The largest absolute Gasteiger partial charge is 0.396 e. The van der Waals surface area contributed by atoms with Gasteiger partial charge in [-0.1, -0.05) is 0 Å². The van der Waals surface area contributed by atoms with E-state index in [-0.39, 0.29) is 12.5 Å². The molecule has 0 aromatic carbocycles. The minimum Gasteiger partial charge on any atom is -0.396 e. The normalized spacial score (nSPS) is 10.8. The van der Waals surface area contributed by atoms with Crippen molar-refractivity contribution in [3.63, 3.8) is 0 Å². The van der Waals surface area contributed by atoms with Gasteiger partial charge in [0.05, 0.1) is 0 Å². The van der Waals surface area contributed by atoms with Crippen LogP contribution >= 0.6 is 0 Å². The zero-order valence-corrected chi connectivity index (χ0v) is 10.9. The molecule has 102 valence electrons. The lowest BCUT2D eigenvalue weighted by Gasteiger charge is -2.04. The summed E-state index contributed by atoms with van der Waals surface area (Å²) in [5, 5.41) is 12.6. The molecule has 0 radical (unpaired) electrons. The van der Waals surface area contributed by atoms with E-state index in [2.05, 4.69) is 15.3 Å². The topological polar surface area (TPSA) is 78.0 Å². The number of aromatic nitrogens is 2. The zero-order valence-electron chi connectivity index (χ0n) is 10.9. The number of H-pyrrole nitrogens is 1. The number of aliphatic hydroxyl groups excluding tert-OH is 1. The molecule has 0 fully saturated rings. The van der Waals surface area contributed by atoms with Crippen molar-refractivity contribution in [1.82, 2.24) is 15.3 Å². The molecule has 2 heterocycles. The Morgan fingerprint density at radius 1 is 1.42 bits per heavy atom. The van der Waals surface area contributed by atoms with Gasteiger partial charge in [-0.2, -0.15) is 0 Å². The van der Waals surface area contributed by atoms with Crippen molar-refractivity contribution in [2.45, 2.75) is 25.7 Å². The number of carbonyl (C=O) groups is 1. The van der Waals surface area contributed by atoms with Gasteiger partial charge in [0, 0.05) is 37.4 Å². The van der Waals surface area contributed by atoms with Gasteiger partial charge >= 0.3 is 0 Å². The third-order valence-corrected chi connectivity index (χ3v) is 3.07.